The van der Waals surface area contributed by atoms with Crippen LogP contribution in [0.15, 0.2) is 42.5 Å². The number of aromatic nitrogens is 1. The third kappa shape index (κ3) is 3.43. The summed E-state index contributed by atoms with van der Waals surface area (Å²) in [6, 6.07) is 13.4. The summed E-state index contributed by atoms with van der Waals surface area (Å²) in [6.45, 7) is 0.674. The third-order valence-corrected chi connectivity index (χ3v) is 3.32. The molecule has 0 bridgehead atoms. The maximum absolute atomic E-state index is 6.15. The number of nitrogens with zero attached hydrogens (tertiary/aromatic N) is 2. The van der Waals surface area contributed by atoms with E-state index >= 15 is 0 Å². The molecule has 0 aliphatic carbocycles. The average Bonchev–Trinajstić information content (AvgIpc) is 2.41. The number of thiocarbonyl (C=S) groups is 1. The highest BCUT2D eigenvalue weighted by Crippen LogP contribution is 2.19. The van der Waals surface area contributed by atoms with E-state index in [-0.39, 0.29) is 0 Å². The molecule has 1 heterocycles. The van der Waals surface area contributed by atoms with E-state index in [1.54, 1.807) is 6.07 Å². The molecule has 1 aromatic carbocycles. The van der Waals surface area contributed by atoms with Crippen LogP contribution >= 0.6 is 23.8 Å². The van der Waals surface area contributed by atoms with Gasteiger partial charge in [-0.15, -0.1) is 0 Å². The predicted octanol–water partition coefficient (Wildman–Crippen LogP) is 3.01. The molecule has 0 aliphatic rings. The summed E-state index contributed by atoms with van der Waals surface area (Å²) in [5.74, 6) is 0.810. The SMILES string of the molecule is CN(Cc1ccccc1Cl)c1cccc(C(N)=S)n1. The van der Waals surface area contributed by atoms with Gasteiger partial charge < -0.3 is 10.6 Å². The van der Waals surface area contributed by atoms with E-state index in [1.165, 1.54) is 0 Å². The van der Waals surface area contributed by atoms with E-state index in [1.807, 2.05) is 48.3 Å². The summed E-state index contributed by atoms with van der Waals surface area (Å²) in [4.78, 5) is 6.72. The van der Waals surface area contributed by atoms with Gasteiger partial charge in [0.1, 0.15) is 10.8 Å². The molecular formula is C14H14ClN3S. The first kappa shape index (κ1) is 13.8. The third-order valence-electron chi connectivity index (χ3n) is 2.74. The van der Waals surface area contributed by atoms with Crippen molar-refractivity contribution in [3.8, 4) is 0 Å². The van der Waals surface area contributed by atoms with Crippen molar-refractivity contribution >= 4 is 34.6 Å². The van der Waals surface area contributed by atoms with Crippen LogP contribution in [-0.4, -0.2) is 17.0 Å². The minimum Gasteiger partial charge on any atom is -0.388 e. The summed E-state index contributed by atoms with van der Waals surface area (Å²) in [5.41, 5.74) is 7.26. The lowest BCUT2D eigenvalue weighted by molar-refractivity contribution is 0.897. The van der Waals surface area contributed by atoms with Crippen LogP contribution in [0.2, 0.25) is 5.02 Å². The lowest BCUT2D eigenvalue weighted by Gasteiger charge is -2.19. The standard InChI is InChI=1S/C14H14ClN3S/c1-18(9-10-5-2-3-6-11(10)15)13-8-4-7-12(17-13)14(16)19/h2-8H,9H2,1H3,(H2,16,19). The number of hydrogen-bond acceptors (Lipinski definition) is 3. The summed E-state index contributed by atoms with van der Waals surface area (Å²) >= 11 is 11.1. The Morgan fingerprint density at radius 2 is 2.00 bits per heavy atom. The van der Waals surface area contributed by atoms with Gasteiger partial charge in [-0.1, -0.05) is 48.1 Å². The van der Waals surface area contributed by atoms with Crippen LogP contribution in [0.3, 0.4) is 0 Å². The Morgan fingerprint density at radius 3 is 2.68 bits per heavy atom. The van der Waals surface area contributed by atoms with Gasteiger partial charge in [-0.3, -0.25) is 0 Å². The van der Waals surface area contributed by atoms with Gasteiger partial charge in [0.05, 0.1) is 5.69 Å². The van der Waals surface area contributed by atoms with Crippen molar-refractivity contribution in [2.75, 3.05) is 11.9 Å². The Hall–Kier alpha value is -1.65. The van der Waals surface area contributed by atoms with Gasteiger partial charge in [0.2, 0.25) is 0 Å². The van der Waals surface area contributed by atoms with Crippen molar-refractivity contribution in [3.05, 3.63) is 58.7 Å². The first-order valence-electron chi connectivity index (χ1n) is 5.79. The summed E-state index contributed by atoms with van der Waals surface area (Å²) in [6.07, 6.45) is 0. The van der Waals surface area contributed by atoms with Gasteiger partial charge in [-0.05, 0) is 23.8 Å². The molecule has 0 saturated carbocycles. The number of hydrogen-bond donors (Lipinski definition) is 1. The molecule has 2 aromatic rings. The second-order valence-electron chi connectivity index (χ2n) is 4.19. The van der Waals surface area contributed by atoms with E-state index in [9.17, 15) is 0 Å². The predicted molar refractivity (Wildman–Crippen MR) is 83.7 cm³/mol. The highest BCUT2D eigenvalue weighted by molar-refractivity contribution is 7.80. The van der Waals surface area contributed by atoms with E-state index in [4.69, 9.17) is 29.6 Å². The topological polar surface area (TPSA) is 42.1 Å². The van der Waals surface area contributed by atoms with Gasteiger partial charge >= 0.3 is 0 Å². The van der Waals surface area contributed by atoms with Gasteiger partial charge in [0, 0.05) is 18.6 Å². The number of halogens is 1. The molecular weight excluding hydrogens is 278 g/mol. The van der Waals surface area contributed by atoms with E-state index in [2.05, 4.69) is 4.98 Å². The quantitative estimate of drug-likeness (QED) is 0.880. The molecule has 0 fully saturated rings. The normalized spacial score (nSPS) is 10.2. The van der Waals surface area contributed by atoms with Crippen LogP contribution in [0.5, 0.6) is 0 Å². The van der Waals surface area contributed by atoms with Crippen molar-refractivity contribution in [2.24, 2.45) is 5.73 Å². The molecule has 0 atom stereocenters. The van der Waals surface area contributed by atoms with Crippen molar-refractivity contribution < 1.29 is 0 Å². The fraction of sp³-hybridized carbons (Fsp3) is 0.143. The Labute approximate surface area is 123 Å². The first-order chi connectivity index (χ1) is 9.08. The monoisotopic (exact) mass is 291 g/mol. The number of rotatable bonds is 4. The average molecular weight is 292 g/mol. The van der Waals surface area contributed by atoms with Gasteiger partial charge in [0.25, 0.3) is 0 Å². The highest BCUT2D eigenvalue weighted by atomic mass is 35.5. The number of nitrogens with two attached hydrogens (primary N) is 1. The molecule has 2 rings (SSSR count). The van der Waals surface area contributed by atoms with Crippen molar-refractivity contribution in [3.63, 3.8) is 0 Å². The zero-order valence-electron chi connectivity index (χ0n) is 10.5. The van der Waals surface area contributed by atoms with Crippen LogP contribution < -0.4 is 10.6 Å². The van der Waals surface area contributed by atoms with Crippen LogP contribution in [0.25, 0.3) is 0 Å². The molecule has 0 spiro atoms. The Bertz CT molecular complexity index is 601. The van der Waals surface area contributed by atoms with Crippen molar-refractivity contribution in [2.45, 2.75) is 6.54 Å². The largest absolute Gasteiger partial charge is 0.388 e. The Morgan fingerprint density at radius 1 is 1.26 bits per heavy atom. The Kier molecular flexibility index (Phi) is 4.35. The van der Waals surface area contributed by atoms with E-state index in [0.29, 0.717) is 17.2 Å². The molecule has 0 saturated heterocycles. The van der Waals surface area contributed by atoms with Crippen LogP contribution in [0.1, 0.15) is 11.3 Å². The lowest BCUT2D eigenvalue weighted by atomic mass is 10.2. The second-order valence-corrected chi connectivity index (χ2v) is 5.04. The number of anilines is 1. The highest BCUT2D eigenvalue weighted by Gasteiger charge is 2.07. The molecule has 1 aromatic heterocycles. The van der Waals surface area contributed by atoms with Crippen molar-refractivity contribution in [1.29, 1.82) is 0 Å². The van der Waals surface area contributed by atoms with Gasteiger partial charge in [0.15, 0.2) is 0 Å². The van der Waals surface area contributed by atoms with Crippen LogP contribution in [-0.2, 0) is 6.54 Å². The van der Waals surface area contributed by atoms with Crippen LogP contribution in [0.4, 0.5) is 5.82 Å². The summed E-state index contributed by atoms with van der Waals surface area (Å²) in [7, 11) is 1.95. The van der Waals surface area contributed by atoms with Crippen molar-refractivity contribution in [1.82, 2.24) is 4.98 Å². The van der Waals surface area contributed by atoms with E-state index < -0.39 is 0 Å². The zero-order chi connectivity index (χ0) is 13.8. The summed E-state index contributed by atoms with van der Waals surface area (Å²) in [5, 5.41) is 0.750. The fourth-order valence-corrected chi connectivity index (χ4v) is 2.05. The molecule has 0 aliphatic heterocycles. The first-order valence-corrected chi connectivity index (χ1v) is 6.58. The number of benzene rings is 1. The minimum absolute atomic E-state index is 0.299. The molecule has 19 heavy (non-hydrogen) atoms. The zero-order valence-corrected chi connectivity index (χ0v) is 12.1. The molecule has 0 unspecified atom stereocenters. The molecule has 5 heteroatoms. The molecule has 0 amide bonds. The second kappa shape index (κ2) is 5.99. The van der Waals surface area contributed by atoms with Gasteiger partial charge in [-0.2, -0.15) is 0 Å². The molecule has 0 radical (unpaired) electrons. The minimum atomic E-state index is 0.299. The molecule has 2 N–H and O–H groups in total. The summed E-state index contributed by atoms with van der Waals surface area (Å²) < 4.78 is 0. The van der Waals surface area contributed by atoms with E-state index in [0.717, 1.165) is 16.4 Å². The molecule has 3 nitrogen and oxygen atoms in total. The van der Waals surface area contributed by atoms with Crippen LogP contribution in [0, 0.1) is 0 Å². The maximum Gasteiger partial charge on any atom is 0.129 e. The maximum atomic E-state index is 6.15. The molecule has 98 valence electrons. The number of pyridine rings is 1. The fourth-order valence-electron chi connectivity index (χ4n) is 1.74. The smallest absolute Gasteiger partial charge is 0.129 e. The lowest BCUT2D eigenvalue weighted by Crippen LogP contribution is -2.20. The van der Waals surface area contributed by atoms with Gasteiger partial charge in [-0.25, -0.2) is 4.98 Å². The Balaban J connectivity index is 2.20.